The van der Waals surface area contributed by atoms with Crippen molar-refractivity contribution in [2.24, 2.45) is 11.8 Å². The maximum Gasteiger partial charge on any atom is 0.255 e. The molecule has 1 aliphatic heterocycles. The summed E-state index contributed by atoms with van der Waals surface area (Å²) < 4.78 is 0. The summed E-state index contributed by atoms with van der Waals surface area (Å²) in [6.45, 7) is 3.69. The Bertz CT molecular complexity index is 510. The summed E-state index contributed by atoms with van der Waals surface area (Å²) in [5.41, 5.74) is 1.10. The molecule has 0 aromatic heterocycles. The van der Waals surface area contributed by atoms with E-state index in [0.717, 1.165) is 13.1 Å². The predicted molar refractivity (Wildman–Crippen MR) is 78.6 cm³/mol. The smallest absolute Gasteiger partial charge is 0.255 e. The number of carbonyl (C=O) groups is 2. The van der Waals surface area contributed by atoms with Crippen LogP contribution in [0.25, 0.3) is 0 Å². The number of hydrogen-bond donors (Lipinski definition) is 2. The van der Waals surface area contributed by atoms with Gasteiger partial charge in [0.25, 0.3) is 5.91 Å². The first-order valence-electron chi connectivity index (χ1n) is 6.83. The predicted octanol–water partition coefficient (Wildman–Crippen LogP) is 1.18. The molecule has 0 spiro atoms. The Balaban J connectivity index is 2.12. The van der Waals surface area contributed by atoms with E-state index in [1.807, 2.05) is 13.0 Å². The summed E-state index contributed by atoms with van der Waals surface area (Å²) >= 11 is 0. The van der Waals surface area contributed by atoms with Crippen LogP contribution in [0.2, 0.25) is 0 Å². The van der Waals surface area contributed by atoms with Crippen LogP contribution >= 0.6 is 0 Å². The Labute approximate surface area is 119 Å². The maximum absolute atomic E-state index is 12.2. The average molecular weight is 275 g/mol. The number of anilines is 1. The number of amides is 2. The fourth-order valence-electron chi connectivity index (χ4n) is 2.14. The van der Waals surface area contributed by atoms with Crippen molar-refractivity contribution in [3.05, 3.63) is 29.8 Å². The molecule has 5 nitrogen and oxygen atoms in total. The molecule has 2 amide bonds. The van der Waals surface area contributed by atoms with Crippen LogP contribution < -0.4 is 10.6 Å². The Morgan fingerprint density at radius 2 is 1.95 bits per heavy atom. The molecule has 1 fully saturated rings. The van der Waals surface area contributed by atoms with Crippen LogP contribution in [0.5, 0.6) is 0 Å². The van der Waals surface area contributed by atoms with Crippen LogP contribution in [0.3, 0.4) is 0 Å². The fraction of sp³-hybridized carbons (Fsp3) is 0.467. The second-order valence-electron chi connectivity index (χ2n) is 5.44. The van der Waals surface area contributed by atoms with Crippen molar-refractivity contribution in [3.8, 4) is 0 Å². The van der Waals surface area contributed by atoms with Gasteiger partial charge in [0.05, 0.1) is 11.3 Å². The maximum atomic E-state index is 12.2. The zero-order valence-electron chi connectivity index (χ0n) is 12.1. The Morgan fingerprint density at radius 3 is 2.50 bits per heavy atom. The number of carbonyl (C=O) groups excluding carboxylic acids is 2. The van der Waals surface area contributed by atoms with Gasteiger partial charge in [0.15, 0.2) is 0 Å². The first-order valence-corrected chi connectivity index (χ1v) is 6.83. The number of rotatable bonds is 4. The summed E-state index contributed by atoms with van der Waals surface area (Å²) in [5.74, 6) is 0.180. The SMILES string of the molecule is CC(C(=O)Nc1ccccc1C(=O)N(C)C)C1CNC1. The molecule has 1 aromatic carbocycles. The standard InChI is InChI=1S/C15H21N3O2/c1-10(11-8-16-9-11)14(19)17-13-7-5-4-6-12(13)15(20)18(2)3/h4-7,10-11,16H,8-9H2,1-3H3,(H,17,19). The van der Waals surface area contributed by atoms with E-state index in [1.54, 1.807) is 32.3 Å². The lowest BCUT2D eigenvalue weighted by Crippen LogP contribution is -2.48. The number of benzene rings is 1. The van der Waals surface area contributed by atoms with Gasteiger partial charge in [-0.25, -0.2) is 0 Å². The van der Waals surface area contributed by atoms with Crippen LogP contribution in [0, 0.1) is 11.8 Å². The van der Waals surface area contributed by atoms with E-state index in [0.29, 0.717) is 17.2 Å². The quantitative estimate of drug-likeness (QED) is 0.867. The van der Waals surface area contributed by atoms with E-state index >= 15 is 0 Å². The molecule has 5 heteroatoms. The third-order valence-electron chi connectivity index (χ3n) is 3.76. The minimum Gasteiger partial charge on any atom is -0.345 e. The van der Waals surface area contributed by atoms with Crippen LogP contribution in [-0.4, -0.2) is 43.9 Å². The number of hydrogen-bond acceptors (Lipinski definition) is 3. The molecule has 0 radical (unpaired) electrons. The van der Waals surface area contributed by atoms with Gasteiger partial charge < -0.3 is 15.5 Å². The third kappa shape index (κ3) is 2.99. The Kier molecular flexibility index (Phi) is 4.39. The number of para-hydroxylation sites is 1. The van der Waals surface area contributed by atoms with Gasteiger partial charge in [-0.05, 0) is 31.1 Å². The first kappa shape index (κ1) is 14.5. The second-order valence-corrected chi connectivity index (χ2v) is 5.44. The van der Waals surface area contributed by atoms with Gasteiger partial charge in [-0.3, -0.25) is 9.59 Å². The highest BCUT2D eigenvalue weighted by Crippen LogP contribution is 2.21. The van der Waals surface area contributed by atoms with E-state index in [9.17, 15) is 9.59 Å². The monoisotopic (exact) mass is 275 g/mol. The molecule has 2 N–H and O–H groups in total. The summed E-state index contributed by atoms with van der Waals surface area (Å²) in [5, 5.41) is 6.05. The van der Waals surface area contributed by atoms with E-state index in [-0.39, 0.29) is 17.7 Å². The lowest BCUT2D eigenvalue weighted by Gasteiger charge is -2.31. The molecular weight excluding hydrogens is 254 g/mol. The third-order valence-corrected chi connectivity index (χ3v) is 3.76. The van der Waals surface area contributed by atoms with Crippen molar-refractivity contribution < 1.29 is 9.59 Å². The van der Waals surface area contributed by atoms with Gasteiger partial charge in [0.2, 0.25) is 5.91 Å². The van der Waals surface area contributed by atoms with Crippen LogP contribution in [0.1, 0.15) is 17.3 Å². The van der Waals surface area contributed by atoms with Crippen LogP contribution in [0.15, 0.2) is 24.3 Å². The van der Waals surface area contributed by atoms with Crippen molar-refractivity contribution in [2.75, 3.05) is 32.5 Å². The second kappa shape index (κ2) is 6.05. The molecule has 1 heterocycles. The minimum absolute atomic E-state index is 0.0319. The highest BCUT2D eigenvalue weighted by molar-refractivity contribution is 6.04. The fourth-order valence-corrected chi connectivity index (χ4v) is 2.14. The number of nitrogens with one attached hydrogen (secondary N) is 2. The van der Waals surface area contributed by atoms with E-state index in [1.165, 1.54) is 4.90 Å². The molecule has 2 rings (SSSR count). The van der Waals surface area contributed by atoms with E-state index < -0.39 is 0 Å². The molecule has 0 aliphatic carbocycles. The topological polar surface area (TPSA) is 61.4 Å². The van der Waals surface area contributed by atoms with Crippen LogP contribution in [0.4, 0.5) is 5.69 Å². The normalized spacial score (nSPS) is 16.1. The lowest BCUT2D eigenvalue weighted by atomic mass is 9.88. The molecule has 1 unspecified atom stereocenters. The largest absolute Gasteiger partial charge is 0.345 e. The molecule has 1 aromatic rings. The molecule has 1 saturated heterocycles. The molecule has 1 aliphatic rings. The molecule has 20 heavy (non-hydrogen) atoms. The molecule has 0 bridgehead atoms. The minimum atomic E-state index is -0.112. The van der Waals surface area contributed by atoms with Gasteiger partial charge in [-0.1, -0.05) is 19.1 Å². The summed E-state index contributed by atoms with van der Waals surface area (Å²) in [6, 6.07) is 7.11. The molecular formula is C15H21N3O2. The molecule has 0 saturated carbocycles. The van der Waals surface area contributed by atoms with Crippen molar-refractivity contribution in [3.63, 3.8) is 0 Å². The lowest BCUT2D eigenvalue weighted by molar-refractivity contribution is -0.121. The van der Waals surface area contributed by atoms with Gasteiger partial charge in [-0.15, -0.1) is 0 Å². The van der Waals surface area contributed by atoms with Gasteiger partial charge in [0, 0.05) is 20.0 Å². The van der Waals surface area contributed by atoms with E-state index in [2.05, 4.69) is 10.6 Å². The summed E-state index contributed by atoms with van der Waals surface area (Å²) in [4.78, 5) is 25.8. The highest BCUT2D eigenvalue weighted by atomic mass is 16.2. The Hall–Kier alpha value is -1.88. The van der Waals surface area contributed by atoms with Crippen molar-refractivity contribution in [1.82, 2.24) is 10.2 Å². The van der Waals surface area contributed by atoms with Gasteiger partial charge in [-0.2, -0.15) is 0 Å². The van der Waals surface area contributed by atoms with Crippen molar-refractivity contribution in [2.45, 2.75) is 6.92 Å². The van der Waals surface area contributed by atoms with Gasteiger partial charge in [0.1, 0.15) is 0 Å². The van der Waals surface area contributed by atoms with E-state index in [4.69, 9.17) is 0 Å². The van der Waals surface area contributed by atoms with Crippen LogP contribution in [-0.2, 0) is 4.79 Å². The zero-order valence-corrected chi connectivity index (χ0v) is 12.1. The van der Waals surface area contributed by atoms with Crippen molar-refractivity contribution in [1.29, 1.82) is 0 Å². The highest BCUT2D eigenvalue weighted by Gasteiger charge is 2.29. The Morgan fingerprint density at radius 1 is 1.30 bits per heavy atom. The number of nitrogens with zero attached hydrogens (tertiary/aromatic N) is 1. The zero-order chi connectivity index (χ0) is 14.7. The average Bonchev–Trinajstić information content (AvgIpc) is 2.36. The molecule has 108 valence electrons. The van der Waals surface area contributed by atoms with Gasteiger partial charge >= 0.3 is 0 Å². The molecule has 1 atom stereocenters. The first-order chi connectivity index (χ1) is 9.50. The van der Waals surface area contributed by atoms with Crippen molar-refractivity contribution >= 4 is 17.5 Å². The summed E-state index contributed by atoms with van der Waals surface area (Å²) in [7, 11) is 3.40. The summed E-state index contributed by atoms with van der Waals surface area (Å²) in [6.07, 6.45) is 0.